The van der Waals surface area contributed by atoms with E-state index in [0.717, 1.165) is 74.7 Å². The first-order valence-electron chi connectivity index (χ1n) is 9.17. The quantitative estimate of drug-likeness (QED) is 0.842. The number of anilines is 2. The van der Waals surface area contributed by atoms with Crippen molar-refractivity contribution in [2.45, 2.75) is 33.2 Å². The summed E-state index contributed by atoms with van der Waals surface area (Å²) in [5, 5.41) is 4.09. The van der Waals surface area contributed by atoms with Crippen LogP contribution in [-0.2, 0) is 6.54 Å². The number of piperazine rings is 1. The van der Waals surface area contributed by atoms with Crippen LogP contribution in [0, 0.1) is 13.8 Å². The average molecular weight is 342 g/mol. The van der Waals surface area contributed by atoms with Gasteiger partial charge in [0.05, 0.1) is 5.69 Å². The molecule has 7 heteroatoms. The van der Waals surface area contributed by atoms with Gasteiger partial charge in [0, 0.05) is 63.6 Å². The lowest BCUT2D eigenvalue weighted by Crippen LogP contribution is -2.46. The molecule has 0 spiro atoms. The van der Waals surface area contributed by atoms with Crippen molar-refractivity contribution >= 4 is 11.8 Å². The molecule has 2 aromatic heterocycles. The van der Waals surface area contributed by atoms with Crippen molar-refractivity contribution in [1.29, 1.82) is 0 Å². The molecule has 134 valence electrons. The highest BCUT2D eigenvalue weighted by atomic mass is 16.5. The van der Waals surface area contributed by atoms with Crippen molar-refractivity contribution in [2.75, 3.05) is 49.1 Å². The zero-order chi connectivity index (χ0) is 17.2. The highest BCUT2D eigenvalue weighted by Gasteiger charge is 2.22. The van der Waals surface area contributed by atoms with E-state index in [-0.39, 0.29) is 0 Å². The molecule has 0 amide bonds. The van der Waals surface area contributed by atoms with Gasteiger partial charge in [0.2, 0.25) is 5.95 Å². The fraction of sp³-hybridized carbons (Fsp3) is 0.611. The minimum Gasteiger partial charge on any atom is -0.361 e. The van der Waals surface area contributed by atoms with E-state index in [9.17, 15) is 0 Å². The summed E-state index contributed by atoms with van der Waals surface area (Å²) < 4.78 is 5.16. The Morgan fingerprint density at radius 3 is 2.36 bits per heavy atom. The summed E-state index contributed by atoms with van der Waals surface area (Å²) in [5.74, 6) is 2.83. The predicted octanol–water partition coefficient (Wildman–Crippen LogP) is 2.00. The van der Waals surface area contributed by atoms with Crippen molar-refractivity contribution in [3.63, 3.8) is 0 Å². The van der Waals surface area contributed by atoms with Crippen LogP contribution in [0.3, 0.4) is 0 Å². The van der Waals surface area contributed by atoms with Gasteiger partial charge < -0.3 is 14.3 Å². The molecular weight excluding hydrogens is 316 g/mol. The molecule has 7 nitrogen and oxygen atoms in total. The van der Waals surface area contributed by atoms with Gasteiger partial charge in [-0.2, -0.15) is 4.98 Å². The molecule has 0 N–H and O–H groups in total. The van der Waals surface area contributed by atoms with Crippen molar-refractivity contribution < 1.29 is 4.52 Å². The van der Waals surface area contributed by atoms with Gasteiger partial charge in [-0.1, -0.05) is 5.16 Å². The maximum absolute atomic E-state index is 5.16. The first-order chi connectivity index (χ1) is 12.2. The lowest BCUT2D eigenvalue weighted by Gasteiger charge is -2.34. The maximum atomic E-state index is 5.16. The molecule has 2 aliphatic heterocycles. The van der Waals surface area contributed by atoms with Crippen LogP contribution < -0.4 is 9.80 Å². The Morgan fingerprint density at radius 1 is 0.920 bits per heavy atom. The molecule has 2 aromatic rings. The maximum Gasteiger partial charge on any atom is 0.227 e. The topological polar surface area (TPSA) is 61.5 Å². The van der Waals surface area contributed by atoms with Crippen molar-refractivity contribution in [1.82, 2.24) is 20.0 Å². The number of hydrogen-bond acceptors (Lipinski definition) is 7. The molecule has 0 saturated carbocycles. The van der Waals surface area contributed by atoms with E-state index in [0.29, 0.717) is 0 Å². The third kappa shape index (κ3) is 3.76. The second kappa shape index (κ2) is 7.00. The molecule has 25 heavy (non-hydrogen) atoms. The molecule has 2 fully saturated rings. The summed E-state index contributed by atoms with van der Waals surface area (Å²) in [5.41, 5.74) is 2.06. The monoisotopic (exact) mass is 342 g/mol. The van der Waals surface area contributed by atoms with Gasteiger partial charge in [0.15, 0.2) is 0 Å². The number of aromatic nitrogens is 3. The van der Waals surface area contributed by atoms with Crippen LogP contribution in [0.15, 0.2) is 16.7 Å². The second-order valence-corrected chi connectivity index (χ2v) is 7.05. The van der Waals surface area contributed by atoms with E-state index >= 15 is 0 Å². The molecule has 0 atom stereocenters. The Bertz CT molecular complexity index is 716. The van der Waals surface area contributed by atoms with E-state index < -0.39 is 0 Å². The molecule has 4 heterocycles. The van der Waals surface area contributed by atoms with Crippen LogP contribution in [0.5, 0.6) is 0 Å². The first kappa shape index (κ1) is 16.3. The van der Waals surface area contributed by atoms with Gasteiger partial charge in [0.1, 0.15) is 11.6 Å². The van der Waals surface area contributed by atoms with E-state index in [1.807, 2.05) is 13.0 Å². The molecule has 0 bridgehead atoms. The minimum absolute atomic E-state index is 0.846. The Balaban J connectivity index is 1.40. The lowest BCUT2D eigenvalue weighted by molar-refractivity contribution is 0.240. The largest absolute Gasteiger partial charge is 0.361 e. The minimum atomic E-state index is 0.846. The number of aryl methyl sites for hydroxylation is 2. The SMILES string of the molecule is Cc1cc(N2CCCC2)nc(N2CCN(Cc3cc(C)on3)CC2)n1. The third-order valence-electron chi connectivity index (χ3n) is 4.98. The molecule has 2 saturated heterocycles. The number of hydrogen-bond donors (Lipinski definition) is 0. The van der Waals surface area contributed by atoms with E-state index in [1.165, 1.54) is 12.8 Å². The molecule has 0 aliphatic carbocycles. The molecule has 0 radical (unpaired) electrons. The van der Waals surface area contributed by atoms with E-state index in [4.69, 9.17) is 9.51 Å². The smallest absolute Gasteiger partial charge is 0.227 e. The summed E-state index contributed by atoms with van der Waals surface area (Å²) in [6, 6.07) is 4.12. The van der Waals surface area contributed by atoms with Crippen molar-refractivity contribution in [3.8, 4) is 0 Å². The normalized spacial score (nSPS) is 19.0. The Morgan fingerprint density at radius 2 is 1.68 bits per heavy atom. The fourth-order valence-corrected chi connectivity index (χ4v) is 3.61. The van der Waals surface area contributed by atoms with Gasteiger partial charge in [-0.25, -0.2) is 4.98 Å². The molecule has 0 aromatic carbocycles. The van der Waals surface area contributed by atoms with Gasteiger partial charge >= 0.3 is 0 Å². The van der Waals surface area contributed by atoms with Gasteiger partial charge in [-0.3, -0.25) is 4.90 Å². The lowest BCUT2D eigenvalue weighted by atomic mass is 10.3. The van der Waals surface area contributed by atoms with E-state index in [1.54, 1.807) is 0 Å². The summed E-state index contributed by atoms with van der Waals surface area (Å²) in [6.45, 7) is 10.9. The van der Waals surface area contributed by atoms with Crippen LogP contribution in [-0.4, -0.2) is 59.3 Å². The predicted molar refractivity (Wildman–Crippen MR) is 96.9 cm³/mol. The van der Waals surface area contributed by atoms with Crippen LogP contribution in [0.1, 0.15) is 30.0 Å². The zero-order valence-corrected chi connectivity index (χ0v) is 15.1. The van der Waals surface area contributed by atoms with Crippen molar-refractivity contribution in [3.05, 3.63) is 29.3 Å². The highest BCUT2D eigenvalue weighted by Crippen LogP contribution is 2.22. The van der Waals surface area contributed by atoms with Crippen LogP contribution in [0.25, 0.3) is 0 Å². The van der Waals surface area contributed by atoms with Crippen molar-refractivity contribution in [2.24, 2.45) is 0 Å². The summed E-state index contributed by atoms with van der Waals surface area (Å²) in [7, 11) is 0. The summed E-state index contributed by atoms with van der Waals surface area (Å²) >= 11 is 0. The van der Waals surface area contributed by atoms with E-state index in [2.05, 4.69) is 37.8 Å². The molecule has 4 rings (SSSR count). The summed E-state index contributed by atoms with van der Waals surface area (Å²) in [6.07, 6.45) is 2.52. The molecule has 0 unspecified atom stereocenters. The van der Waals surface area contributed by atoms with Crippen LogP contribution in [0.2, 0.25) is 0 Å². The van der Waals surface area contributed by atoms with Gasteiger partial charge in [-0.05, 0) is 26.7 Å². The highest BCUT2D eigenvalue weighted by molar-refractivity contribution is 5.46. The Kier molecular flexibility index (Phi) is 4.57. The number of rotatable bonds is 4. The van der Waals surface area contributed by atoms with Crippen LogP contribution in [0.4, 0.5) is 11.8 Å². The zero-order valence-electron chi connectivity index (χ0n) is 15.1. The fourth-order valence-electron chi connectivity index (χ4n) is 3.61. The standard InChI is InChI=1S/C18H26N6O/c1-14-11-17(23-5-3-4-6-23)20-18(19-14)24-9-7-22(8-10-24)13-16-12-15(2)25-21-16/h11-12H,3-10,13H2,1-2H3. The average Bonchev–Trinajstić information content (AvgIpc) is 3.27. The number of nitrogens with zero attached hydrogens (tertiary/aromatic N) is 6. The second-order valence-electron chi connectivity index (χ2n) is 7.05. The van der Waals surface area contributed by atoms with Crippen LogP contribution >= 0.6 is 0 Å². The first-order valence-corrected chi connectivity index (χ1v) is 9.17. The molecule has 2 aliphatic rings. The van der Waals surface area contributed by atoms with Gasteiger partial charge in [-0.15, -0.1) is 0 Å². The Labute approximate surface area is 148 Å². The Hall–Kier alpha value is -2.15. The van der Waals surface area contributed by atoms with Gasteiger partial charge in [0.25, 0.3) is 0 Å². The summed E-state index contributed by atoms with van der Waals surface area (Å²) in [4.78, 5) is 16.6. The third-order valence-corrected chi connectivity index (χ3v) is 4.98. The molecular formula is C18H26N6O.